The van der Waals surface area contributed by atoms with Crippen molar-refractivity contribution in [2.45, 2.75) is 45.6 Å². The van der Waals surface area contributed by atoms with Crippen LogP contribution in [0.5, 0.6) is 0 Å². The number of hydrogen-bond donors (Lipinski definition) is 1. The fraction of sp³-hybridized carbons (Fsp3) is 0.455. The lowest BCUT2D eigenvalue weighted by atomic mass is 10.1. The monoisotopic (exact) mass is 407 g/mol. The maximum Gasteiger partial charge on any atom is 0.274 e. The maximum absolute atomic E-state index is 13.1. The van der Waals surface area contributed by atoms with Crippen LogP contribution in [-0.4, -0.2) is 50.8 Å². The highest BCUT2D eigenvalue weighted by atomic mass is 16.5. The zero-order chi connectivity index (χ0) is 20.7. The van der Waals surface area contributed by atoms with Crippen molar-refractivity contribution >= 4 is 5.91 Å². The van der Waals surface area contributed by atoms with Gasteiger partial charge in [-0.15, -0.1) is 0 Å². The number of aryl methyl sites for hydroxylation is 3. The molecule has 0 saturated carbocycles. The van der Waals surface area contributed by atoms with Crippen molar-refractivity contribution in [1.29, 1.82) is 0 Å². The van der Waals surface area contributed by atoms with Crippen LogP contribution in [0.15, 0.2) is 22.7 Å². The SMILES string of the molecule is CCc1onc(C)c1-c1cccc([C@H]2CN(C(=O)c3n[nH]c4c3CCC4)CCO2)n1. The number of aromatic nitrogens is 4. The second-order valence-electron chi connectivity index (χ2n) is 7.86. The van der Waals surface area contributed by atoms with E-state index in [1.807, 2.05) is 36.9 Å². The van der Waals surface area contributed by atoms with Gasteiger partial charge in [0.2, 0.25) is 0 Å². The molecular formula is C22H25N5O3. The number of amides is 1. The minimum atomic E-state index is -0.278. The van der Waals surface area contributed by atoms with E-state index in [9.17, 15) is 4.79 Å². The second-order valence-corrected chi connectivity index (χ2v) is 7.86. The average Bonchev–Trinajstić information content (AvgIpc) is 3.49. The van der Waals surface area contributed by atoms with Crippen LogP contribution in [0.4, 0.5) is 0 Å². The molecule has 4 heterocycles. The number of aromatic amines is 1. The van der Waals surface area contributed by atoms with Gasteiger partial charge in [0.1, 0.15) is 11.9 Å². The van der Waals surface area contributed by atoms with Crippen LogP contribution in [0.3, 0.4) is 0 Å². The van der Waals surface area contributed by atoms with E-state index in [0.717, 1.165) is 65.3 Å². The third-order valence-corrected chi connectivity index (χ3v) is 5.97. The van der Waals surface area contributed by atoms with E-state index >= 15 is 0 Å². The van der Waals surface area contributed by atoms with E-state index in [-0.39, 0.29) is 12.0 Å². The van der Waals surface area contributed by atoms with E-state index in [2.05, 4.69) is 15.4 Å². The molecule has 1 atom stereocenters. The third-order valence-electron chi connectivity index (χ3n) is 5.97. The molecule has 0 spiro atoms. The Morgan fingerprint density at radius 1 is 1.33 bits per heavy atom. The number of carbonyl (C=O) groups is 1. The Kier molecular flexibility index (Phi) is 4.86. The topological polar surface area (TPSA) is 97.1 Å². The molecule has 1 N–H and O–H groups in total. The van der Waals surface area contributed by atoms with E-state index in [0.29, 0.717) is 25.4 Å². The summed E-state index contributed by atoms with van der Waals surface area (Å²) in [6.07, 6.45) is 3.44. The molecule has 30 heavy (non-hydrogen) atoms. The van der Waals surface area contributed by atoms with Crippen LogP contribution >= 0.6 is 0 Å². The Labute approximate surface area is 174 Å². The highest BCUT2D eigenvalue weighted by Crippen LogP contribution is 2.30. The van der Waals surface area contributed by atoms with Gasteiger partial charge in [-0.25, -0.2) is 4.98 Å². The van der Waals surface area contributed by atoms with E-state index in [1.54, 1.807) is 0 Å². The van der Waals surface area contributed by atoms with Gasteiger partial charge in [0.25, 0.3) is 5.91 Å². The van der Waals surface area contributed by atoms with Crippen LogP contribution in [0.1, 0.15) is 58.3 Å². The molecule has 5 rings (SSSR count). The van der Waals surface area contributed by atoms with Gasteiger partial charge in [0.05, 0.1) is 35.8 Å². The molecule has 1 fully saturated rings. The van der Waals surface area contributed by atoms with Crippen LogP contribution in [-0.2, 0) is 24.0 Å². The summed E-state index contributed by atoms with van der Waals surface area (Å²) in [5.41, 5.74) is 6.14. The molecule has 156 valence electrons. The van der Waals surface area contributed by atoms with Gasteiger partial charge < -0.3 is 14.2 Å². The Morgan fingerprint density at radius 2 is 2.23 bits per heavy atom. The summed E-state index contributed by atoms with van der Waals surface area (Å²) >= 11 is 0. The average molecular weight is 407 g/mol. The molecule has 0 radical (unpaired) electrons. The molecule has 1 saturated heterocycles. The minimum absolute atomic E-state index is 0.0259. The van der Waals surface area contributed by atoms with E-state index < -0.39 is 0 Å². The number of rotatable bonds is 4. The maximum atomic E-state index is 13.1. The number of ether oxygens (including phenoxy) is 1. The van der Waals surface area contributed by atoms with E-state index in [1.165, 1.54) is 0 Å². The van der Waals surface area contributed by atoms with Crippen LogP contribution in [0, 0.1) is 6.92 Å². The van der Waals surface area contributed by atoms with Gasteiger partial charge >= 0.3 is 0 Å². The van der Waals surface area contributed by atoms with Gasteiger partial charge in [-0.3, -0.25) is 9.89 Å². The van der Waals surface area contributed by atoms with Crippen LogP contribution in [0.25, 0.3) is 11.3 Å². The van der Waals surface area contributed by atoms with Crippen molar-refractivity contribution in [3.63, 3.8) is 0 Å². The molecule has 0 bridgehead atoms. The van der Waals surface area contributed by atoms with Gasteiger partial charge in [0.15, 0.2) is 5.69 Å². The molecule has 2 aliphatic rings. The molecule has 0 aromatic carbocycles. The van der Waals surface area contributed by atoms with Crippen molar-refractivity contribution in [2.75, 3.05) is 19.7 Å². The van der Waals surface area contributed by atoms with Gasteiger partial charge in [-0.1, -0.05) is 18.1 Å². The summed E-state index contributed by atoms with van der Waals surface area (Å²) in [5.74, 6) is 0.799. The largest absolute Gasteiger partial charge is 0.368 e. The number of pyridine rings is 1. The standard InChI is InChI=1S/C22H25N5O3/c1-3-18-20(13(2)26-30-18)17-9-5-8-16(23-17)19-12-27(10-11-29-19)22(28)21-14-6-4-7-15(14)24-25-21/h5,8-9,19H,3-4,6-7,10-12H2,1-2H3,(H,24,25)/t19-/m1/s1. The molecule has 8 nitrogen and oxygen atoms in total. The van der Waals surface area contributed by atoms with Crippen molar-refractivity contribution in [2.24, 2.45) is 0 Å². The Morgan fingerprint density at radius 3 is 3.10 bits per heavy atom. The van der Waals surface area contributed by atoms with Crippen molar-refractivity contribution in [3.05, 3.63) is 52.3 Å². The first kappa shape index (κ1) is 19.0. The molecule has 8 heteroatoms. The highest BCUT2D eigenvalue weighted by Gasteiger charge is 2.31. The van der Waals surface area contributed by atoms with Crippen molar-refractivity contribution < 1.29 is 14.1 Å². The lowest BCUT2D eigenvalue weighted by Crippen LogP contribution is -2.42. The van der Waals surface area contributed by atoms with Crippen LogP contribution < -0.4 is 0 Å². The number of nitrogens with one attached hydrogen (secondary N) is 1. The summed E-state index contributed by atoms with van der Waals surface area (Å²) in [6, 6.07) is 5.87. The van der Waals surface area contributed by atoms with Crippen molar-refractivity contribution in [1.82, 2.24) is 25.2 Å². The third kappa shape index (κ3) is 3.21. The second kappa shape index (κ2) is 7.68. The van der Waals surface area contributed by atoms with Crippen molar-refractivity contribution in [3.8, 4) is 11.3 Å². The molecule has 0 unspecified atom stereocenters. The molecular weight excluding hydrogens is 382 g/mol. The lowest BCUT2D eigenvalue weighted by molar-refractivity contribution is -0.0249. The van der Waals surface area contributed by atoms with Crippen LogP contribution in [0.2, 0.25) is 0 Å². The normalized spacial score (nSPS) is 18.6. The number of fused-ring (bicyclic) bond motifs is 1. The summed E-state index contributed by atoms with van der Waals surface area (Å²) in [7, 11) is 0. The van der Waals surface area contributed by atoms with E-state index in [4.69, 9.17) is 14.2 Å². The summed E-state index contributed by atoms with van der Waals surface area (Å²) in [6.45, 7) is 5.45. The zero-order valence-electron chi connectivity index (χ0n) is 17.3. The Balaban J connectivity index is 1.39. The summed E-state index contributed by atoms with van der Waals surface area (Å²) in [4.78, 5) is 19.8. The first-order valence-corrected chi connectivity index (χ1v) is 10.5. The fourth-order valence-corrected chi connectivity index (χ4v) is 4.41. The smallest absolute Gasteiger partial charge is 0.274 e. The van der Waals surface area contributed by atoms with Gasteiger partial charge in [-0.2, -0.15) is 5.10 Å². The first-order valence-electron chi connectivity index (χ1n) is 10.5. The highest BCUT2D eigenvalue weighted by molar-refractivity contribution is 5.94. The molecule has 3 aromatic heterocycles. The Hall–Kier alpha value is -3.00. The molecule has 1 amide bonds. The lowest BCUT2D eigenvalue weighted by Gasteiger charge is -2.32. The molecule has 3 aromatic rings. The Bertz CT molecular complexity index is 1090. The predicted octanol–water partition coefficient (Wildman–Crippen LogP) is 3.03. The number of morpholine rings is 1. The minimum Gasteiger partial charge on any atom is -0.368 e. The van der Waals surface area contributed by atoms with Gasteiger partial charge in [-0.05, 0) is 38.3 Å². The summed E-state index contributed by atoms with van der Waals surface area (Å²) in [5, 5.41) is 11.4. The first-order chi connectivity index (χ1) is 14.7. The predicted molar refractivity (Wildman–Crippen MR) is 109 cm³/mol. The van der Waals surface area contributed by atoms with Gasteiger partial charge in [0, 0.05) is 24.2 Å². The molecule has 1 aliphatic heterocycles. The number of hydrogen-bond acceptors (Lipinski definition) is 6. The zero-order valence-corrected chi connectivity index (χ0v) is 17.3. The quantitative estimate of drug-likeness (QED) is 0.714. The number of carbonyl (C=O) groups excluding carboxylic acids is 1. The number of H-pyrrole nitrogens is 1. The summed E-state index contributed by atoms with van der Waals surface area (Å²) < 4.78 is 11.4. The fourth-order valence-electron chi connectivity index (χ4n) is 4.41. The number of nitrogens with zero attached hydrogens (tertiary/aromatic N) is 4. The molecule has 1 aliphatic carbocycles.